The van der Waals surface area contributed by atoms with Crippen LogP contribution in [0.15, 0.2) is 11.5 Å². The van der Waals surface area contributed by atoms with Crippen molar-refractivity contribution in [2.75, 3.05) is 12.4 Å². The van der Waals surface area contributed by atoms with Crippen molar-refractivity contribution >= 4 is 17.7 Å². The molecule has 0 fully saturated rings. The third-order valence-electron chi connectivity index (χ3n) is 2.57. The molecule has 0 bridgehead atoms. The van der Waals surface area contributed by atoms with Crippen LogP contribution in [-0.4, -0.2) is 45.1 Å². The predicted octanol–water partition coefficient (Wildman–Crippen LogP) is 1.61. The van der Waals surface area contributed by atoms with Crippen LogP contribution in [0.4, 0.5) is 0 Å². The van der Waals surface area contributed by atoms with Gasteiger partial charge in [0.2, 0.25) is 0 Å². The van der Waals surface area contributed by atoms with Crippen LogP contribution >= 0.6 is 11.8 Å². The summed E-state index contributed by atoms with van der Waals surface area (Å²) in [5.41, 5.74) is -0.669. The van der Waals surface area contributed by atoms with Gasteiger partial charge in [0.25, 0.3) is 0 Å². The van der Waals surface area contributed by atoms with Crippen LogP contribution in [0.3, 0.4) is 0 Å². The molecule has 6 nitrogen and oxygen atoms in total. The minimum absolute atomic E-state index is 0.207. The van der Waals surface area contributed by atoms with E-state index in [9.17, 15) is 4.79 Å². The van der Waals surface area contributed by atoms with E-state index in [1.165, 1.54) is 18.1 Å². The second kappa shape index (κ2) is 7.49. The maximum atomic E-state index is 12.1. The van der Waals surface area contributed by atoms with Crippen molar-refractivity contribution < 1.29 is 9.53 Å². The van der Waals surface area contributed by atoms with E-state index >= 15 is 0 Å². The van der Waals surface area contributed by atoms with E-state index in [-0.39, 0.29) is 12.0 Å². The summed E-state index contributed by atoms with van der Waals surface area (Å²) in [6, 6.07) is 0.213. The first-order chi connectivity index (χ1) is 8.98. The molecule has 0 aliphatic carbocycles. The third kappa shape index (κ3) is 5.20. The standard InChI is InChI=1S/C12H22N4O2S/c1-5-18-10(17)12(4,15-9(2)3)6-7-19-11-13-8-14-16-11/h8-9,15H,5-7H2,1-4H3,(H,13,14,16). The fourth-order valence-corrected chi connectivity index (χ4v) is 2.72. The lowest BCUT2D eigenvalue weighted by Crippen LogP contribution is -2.53. The number of aromatic amines is 1. The molecule has 0 radical (unpaired) electrons. The van der Waals surface area contributed by atoms with Gasteiger partial charge in [-0.1, -0.05) is 11.8 Å². The van der Waals surface area contributed by atoms with Crippen molar-refractivity contribution in [3.05, 3.63) is 6.33 Å². The second-order valence-electron chi connectivity index (χ2n) is 4.74. The fraction of sp³-hybridized carbons (Fsp3) is 0.750. The highest BCUT2D eigenvalue weighted by Gasteiger charge is 2.34. The Morgan fingerprint density at radius 3 is 2.89 bits per heavy atom. The first-order valence-corrected chi connectivity index (χ1v) is 7.39. The zero-order chi connectivity index (χ0) is 14.3. The van der Waals surface area contributed by atoms with Gasteiger partial charge in [-0.25, -0.2) is 4.98 Å². The van der Waals surface area contributed by atoms with Gasteiger partial charge in [-0.15, -0.1) is 0 Å². The summed E-state index contributed by atoms with van der Waals surface area (Å²) in [7, 11) is 0. The molecule has 1 aromatic heterocycles. The molecule has 0 aliphatic rings. The molecule has 19 heavy (non-hydrogen) atoms. The maximum absolute atomic E-state index is 12.1. The number of rotatable bonds is 8. The molecule has 0 aliphatic heterocycles. The SMILES string of the molecule is CCOC(=O)C(C)(CCSc1ncn[nH]1)NC(C)C. The van der Waals surface area contributed by atoms with Crippen LogP contribution in [-0.2, 0) is 9.53 Å². The maximum Gasteiger partial charge on any atom is 0.326 e. The highest BCUT2D eigenvalue weighted by molar-refractivity contribution is 7.99. The van der Waals surface area contributed by atoms with E-state index in [1.807, 2.05) is 27.7 Å². The number of thioether (sulfide) groups is 1. The van der Waals surface area contributed by atoms with Crippen LogP contribution in [0.1, 0.15) is 34.1 Å². The number of hydrogen-bond donors (Lipinski definition) is 2. The summed E-state index contributed by atoms with van der Waals surface area (Å²) in [6.45, 7) is 8.12. The molecule has 108 valence electrons. The summed E-state index contributed by atoms with van der Waals surface area (Å²) < 4.78 is 5.15. The molecule has 0 saturated carbocycles. The molecule has 0 spiro atoms. The Morgan fingerprint density at radius 1 is 1.63 bits per heavy atom. The molecule has 7 heteroatoms. The van der Waals surface area contributed by atoms with Crippen LogP contribution < -0.4 is 5.32 Å². The van der Waals surface area contributed by atoms with Crippen LogP contribution in [0.25, 0.3) is 0 Å². The van der Waals surface area contributed by atoms with Gasteiger partial charge in [-0.3, -0.25) is 15.2 Å². The topological polar surface area (TPSA) is 79.9 Å². The average Bonchev–Trinajstić information content (AvgIpc) is 2.81. The smallest absolute Gasteiger partial charge is 0.326 e. The van der Waals surface area contributed by atoms with Gasteiger partial charge >= 0.3 is 5.97 Å². The molecular formula is C12H22N4O2S. The Hall–Kier alpha value is -1.08. The third-order valence-corrected chi connectivity index (χ3v) is 3.45. The molecule has 1 aromatic rings. The lowest BCUT2D eigenvalue weighted by molar-refractivity contribution is -0.150. The summed E-state index contributed by atoms with van der Waals surface area (Å²) in [6.07, 6.45) is 2.13. The van der Waals surface area contributed by atoms with E-state index in [4.69, 9.17) is 4.74 Å². The normalized spacial score (nSPS) is 14.4. The number of esters is 1. The largest absolute Gasteiger partial charge is 0.465 e. The van der Waals surface area contributed by atoms with E-state index in [2.05, 4.69) is 20.5 Å². The van der Waals surface area contributed by atoms with Gasteiger partial charge in [0.05, 0.1) is 6.61 Å². The van der Waals surface area contributed by atoms with Crippen molar-refractivity contribution in [3.63, 3.8) is 0 Å². The number of ether oxygens (including phenoxy) is 1. The lowest BCUT2D eigenvalue weighted by atomic mass is 9.98. The van der Waals surface area contributed by atoms with E-state index < -0.39 is 5.54 Å². The van der Waals surface area contributed by atoms with E-state index in [0.29, 0.717) is 13.0 Å². The molecule has 1 unspecified atom stereocenters. The number of nitrogens with zero attached hydrogens (tertiary/aromatic N) is 2. The number of H-pyrrole nitrogens is 1. The minimum atomic E-state index is -0.669. The molecular weight excluding hydrogens is 264 g/mol. The number of aromatic nitrogens is 3. The molecule has 2 N–H and O–H groups in total. The zero-order valence-corrected chi connectivity index (χ0v) is 12.7. The zero-order valence-electron chi connectivity index (χ0n) is 11.9. The van der Waals surface area contributed by atoms with Gasteiger partial charge in [0, 0.05) is 11.8 Å². The Kier molecular flexibility index (Phi) is 6.30. The van der Waals surface area contributed by atoms with Crippen LogP contribution in [0.5, 0.6) is 0 Å². The van der Waals surface area contributed by atoms with Gasteiger partial charge in [-0.05, 0) is 34.1 Å². The second-order valence-corrected chi connectivity index (χ2v) is 5.82. The summed E-state index contributed by atoms with van der Waals surface area (Å²) in [4.78, 5) is 16.1. The van der Waals surface area contributed by atoms with Crippen molar-refractivity contribution in [1.82, 2.24) is 20.5 Å². The molecule has 0 amide bonds. The Balaban J connectivity index is 2.55. The minimum Gasteiger partial charge on any atom is -0.465 e. The number of hydrogen-bond acceptors (Lipinski definition) is 6. The Labute approximate surface area is 118 Å². The summed E-state index contributed by atoms with van der Waals surface area (Å²) in [5.74, 6) is 0.548. The van der Waals surface area contributed by atoms with Gasteiger partial charge in [-0.2, -0.15) is 5.10 Å². The summed E-state index contributed by atoms with van der Waals surface area (Å²) >= 11 is 1.54. The molecule has 1 heterocycles. The Morgan fingerprint density at radius 2 is 2.37 bits per heavy atom. The Bertz CT molecular complexity index is 383. The number of carbonyl (C=O) groups is 1. The molecule has 0 saturated heterocycles. The first-order valence-electron chi connectivity index (χ1n) is 6.41. The predicted molar refractivity (Wildman–Crippen MR) is 75.0 cm³/mol. The van der Waals surface area contributed by atoms with Gasteiger partial charge in [0.15, 0.2) is 5.16 Å². The lowest BCUT2D eigenvalue weighted by Gasteiger charge is -2.30. The van der Waals surface area contributed by atoms with Crippen LogP contribution in [0, 0.1) is 0 Å². The van der Waals surface area contributed by atoms with Gasteiger partial charge in [0.1, 0.15) is 11.9 Å². The van der Waals surface area contributed by atoms with Gasteiger partial charge < -0.3 is 4.74 Å². The van der Waals surface area contributed by atoms with E-state index in [0.717, 1.165) is 10.9 Å². The number of carbonyl (C=O) groups excluding carboxylic acids is 1. The quantitative estimate of drug-likeness (QED) is 0.558. The first kappa shape index (κ1) is 16.0. The highest BCUT2D eigenvalue weighted by Crippen LogP contribution is 2.20. The van der Waals surface area contributed by atoms with Crippen molar-refractivity contribution in [1.29, 1.82) is 0 Å². The number of nitrogens with one attached hydrogen (secondary N) is 2. The van der Waals surface area contributed by atoms with Crippen molar-refractivity contribution in [2.24, 2.45) is 0 Å². The van der Waals surface area contributed by atoms with Crippen molar-refractivity contribution in [2.45, 2.75) is 50.9 Å². The monoisotopic (exact) mass is 286 g/mol. The summed E-state index contributed by atoms with van der Waals surface area (Å²) in [5, 5.41) is 10.6. The highest BCUT2D eigenvalue weighted by atomic mass is 32.2. The van der Waals surface area contributed by atoms with Crippen LogP contribution in [0.2, 0.25) is 0 Å². The molecule has 0 aromatic carbocycles. The average molecular weight is 286 g/mol. The molecule has 1 rings (SSSR count). The fourth-order valence-electron chi connectivity index (χ4n) is 1.78. The molecule has 1 atom stereocenters. The van der Waals surface area contributed by atoms with Crippen molar-refractivity contribution in [3.8, 4) is 0 Å². The van der Waals surface area contributed by atoms with E-state index in [1.54, 1.807) is 0 Å².